The standard InChI is InChI=1S/C39H45FN6O5S4/c1-20(23-17-33(52-19-23)54(41,50)45-37(47)43-34-24-9-4-7-21(24)16-22-8-5-10-25(22)34)15-30-26-11-6-12-28(26)35(29-14-13-27(29)30)44-38(48)46-55(42,51)36-31(40)18-32(53-36)39(2,3)49/h16-20,49H,4-15H2,1-3H3,(H3,41,43,45,47,50)(H3,42,44,46,48,51). The van der Waals surface area contributed by atoms with Gasteiger partial charge in [0.15, 0.2) is 29.9 Å². The summed E-state index contributed by atoms with van der Waals surface area (Å²) in [6, 6.07) is 3.56. The van der Waals surface area contributed by atoms with Crippen LogP contribution >= 0.6 is 22.7 Å². The molecule has 0 bridgehead atoms. The summed E-state index contributed by atoms with van der Waals surface area (Å²) in [7, 11) is -7.41. The first kappa shape index (κ1) is 38.4. The molecule has 0 spiro atoms. The smallest absolute Gasteiger partial charge is 0.354 e. The number of aliphatic hydroxyl groups is 1. The number of carbonyl (C=O) groups is 2. The van der Waals surface area contributed by atoms with Crippen molar-refractivity contribution >= 4 is 65.9 Å². The molecule has 11 nitrogen and oxygen atoms in total. The van der Waals surface area contributed by atoms with Crippen molar-refractivity contribution in [1.29, 1.82) is 0 Å². The van der Waals surface area contributed by atoms with Gasteiger partial charge < -0.3 is 15.7 Å². The van der Waals surface area contributed by atoms with E-state index in [4.69, 9.17) is 10.3 Å². The summed E-state index contributed by atoms with van der Waals surface area (Å²) in [6.07, 6.45) is 10.7. The quantitative estimate of drug-likeness (QED) is 0.120. The maximum atomic E-state index is 14.8. The molecular weight excluding hydrogens is 780 g/mol. The number of fused-ring (bicyclic) bond motifs is 4. The lowest BCUT2D eigenvalue weighted by Crippen LogP contribution is -2.23. The highest BCUT2D eigenvalue weighted by atomic mass is 32.2. The predicted molar refractivity (Wildman–Crippen MR) is 216 cm³/mol. The van der Waals surface area contributed by atoms with E-state index in [2.05, 4.69) is 32.3 Å². The lowest BCUT2D eigenvalue weighted by Gasteiger charge is -2.31. The van der Waals surface area contributed by atoms with E-state index in [9.17, 15) is 27.5 Å². The van der Waals surface area contributed by atoms with Crippen molar-refractivity contribution in [1.82, 2.24) is 0 Å². The molecule has 0 saturated heterocycles. The lowest BCUT2D eigenvalue weighted by molar-refractivity contribution is 0.0823. The number of nitrogens with one attached hydrogen (secondary N) is 2. The molecule has 4 aliphatic carbocycles. The third-order valence-electron chi connectivity index (χ3n) is 11.4. The largest absolute Gasteiger partial charge is 0.385 e. The van der Waals surface area contributed by atoms with Crippen LogP contribution in [-0.2, 0) is 83.2 Å². The summed E-state index contributed by atoms with van der Waals surface area (Å²) < 4.78 is 49.5. The third kappa shape index (κ3) is 7.19. The summed E-state index contributed by atoms with van der Waals surface area (Å²) in [5.41, 5.74) is 11.6. The molecule has 0 aliphatic heterocycles. The van der Waals surface area contributed by atoms with E-state index in [1.165, 1.54) is 64.1 Å². The average molecular weight is 825 g/mol. The van der Waals surface area contributed by atoms with E-state index in [0.29, 0.717) is 16.3 Å². The van der Waals surface area contributed by atoms with Gasteiger partial charge in [-0.1, -0.05) is 13.0 Å². The molecule has 4 aromatic rings. The summed E-state index contributed by atoms with van der Waals surface area (Å²) >= 11 is 1.98. The number of carbonyl (C=O) groups excluding carboxylic acids is 2. The number of urea groups is 2. The van der Waals surface area contributed by atoms with Crippen molar-refractivity contribution in [2.45, 2.75) is 118 Å². The van der Waals surface area contributed by atoms with Crippen LogP contribution in [0.4, 0.5) is 25.4 Å². The van der Waals surface area contributed by atoms with E-state index >= 15 is 0 Å². The van der Waals surface area contributed by atoms with Crippen LogP contribution in [0.15, 0.2) is 40.7 Å². The monoisotopic (exact) mass is 824 g/mol. The first-order valence-electron chi connectivity index (χ1n) is 18.7. The van der Waals surface area contributed by atoms with Crippen molar-refractivity contribution in [3.05, 3.63) is 89.9 Å². The van der Waals surface area contributed by atoms with E-state index in [-0.39, 0.29) is 15.0 Å². The number of amides is 4. The fourth-order valence-corrected chi connectivity index (χ4v) is 13.3. The predicted octanol–water partition coefficient (Wildman–Crippen LogP) is 7.95. The Labute approximate surface area is 329 Å². The van der Waals surface area contributed by atoms with Gasteiger partial charge in [0, 0.05) is 16.3 Å². The summed E-state index contributed by atoms with van der Waals surface area (Å²) in [5.74, 6) is -0.848. The first-order valence-corrected chi connectivity index (χ1v) is 23.5. The van der Waals surface area contributed by atoms with Gasteiger partial charge in [0.2, 0.25) is 0 Å². The molecule has 4 amide bonds. The summed E-state index contributed by atoms with van der Waals surface area (Å²) in [6.45, 7) is 5.06. The molecule has 7 N–H and O–H groups in total. The number of thiophene rings is 2. The molecule has 0 fully saturated rings. The topological polar surface area (TPSA) is 189 Å². The number of benzene rings is 2. The number of halogens is 1. The molecule has 2 aromatic heterocycles. The normalized spacial score (nSPS) is 18.2. The van der Waals surface area contributed by atoms with Gasteiger partial charge in [-0.3, -0.25) is 0 Å². The molecule has 2 heterocycles. The number of aryl methyl sites for hydroxylation is 2. The molecule has 16 heteroatoms. The van der Waals surface area contributed by atoms with Crippen molar-refractivity contribution < 1.29 is 27.5 Å². The minimum Gasteiger partial charge on any atom is -0.385 e. The fourth-order valence-electron chi connectivity index (χ4n) is 8.68. The van der Waals surface area contributed by atoms with Crippen LogP contribution in [-0.4, -0.2) is 25.6 Å². The average Bonchev–Trinajstić information content (AvgIpc) is 3.92. The number of hydrogen-bond acceptors (Lipinski definition) is 7. The molecule has 4 aliphatic rings. The first-order chi connectivity index (χ1) is 26.0. The zero-order valence-corrected chi connectivity index (χ0v) is 34.3. The van der Waals surface area contributed by atoms with E-state index in [1.807, 2.05) is 5.38 Å². The van der Waals surface area contributed by atoms with Gasteiger partial charge in [0.25, 0.3) is 0 Å². The highest BCUT2D eigenvalue weighted by Gasteiger charge is 2.33. The number of nitrogens with two attached hydrogens (primary N) is 2. The van der Waals surface area contributed by atoms with Crippen LogP contribution in [0, 0.1) is 5.82 Å². The molecule has 0 saturated carbocycles. The van der Waals surface area contributed by atoms with Crippen LogP contribution < -0.4 is 20.9 Å². The zero-order chi connectivity index (χ0) is 39.0. The Morgan fingerprint density at radius 3 is 1.95 bits per heavy atom. The fraction of sp³-hybridized carbons (Fsp3) is 0.436. The molecule has 2 aromatic carbocycles. The van der Waals surface area contributed by atoms with Gasteiger partial charge in [0.05, 0.1) is 5.60 Å². The lowest BCUT2D eigenvalue weighted by atomic mass is 9.76. The summed E-state index contributed by atoms with van der Waals surface area (Å²) in [5, 5.41) is 30.3. The van der Waals surface area contributed by atoms with Crippen LogP contribution in [0.5, 0.6) is 0 Å². The van der Waals surface area contributed by atoms with Crippen LogP contribution in [0.25, 0.3) is 0 Å². The van der Waals surface area contributed by atoms with Crippen LogP contribution in [0.2, 0.25) is 0 Å². The Morgan fingerprint density at radius 1 is 0.818 bits per heavy atom. The molecule has 0 radical (unpaired) electrons. The summed E-state index contributed by atoms with van der Waals surface area (Å²) in [4.78, 5) is 26.7. The van der Waals surface area contributed by atoms with E-state index < -0.39 is 43.3 Å². The minimum atomic E-state index is -3.92. The van der Waals surface area contributed by atoms with Crippen molar-refractivity contribution in [2.75, 3.05) is 10.6 Å². The number of rotatable bonds is 8. The Hall–Kier alpha value is -3.51. The van der Waals surface area contributed by atoms with Gasteiger partial charge in [-0.15, -0.1) is 31.4 Å². The van der Waals surface area contributed by atoms with Crippen molar-refractivity contribution in [3.63, 3.8) is 0 Å². The Bertz CT molecular complexity index is 2520. The zero-order valence-electron chi connectivity index (χ0n) is 31.0. The molecule has 3 unspecified atom stereocenters. The molecule has 3 atom stereocenters. The van der Waals surface area contributed by atoms with Gasteiger partial charge in [-0.2, -0.15) is 0 Å². The second-order valence-corrected chi connectivity index (χ2v) is 21.6. The second-order valence-electron chi connectivity index (χ2n) is 15.6. The van der Waals surface area contributed by atoms with E-state index in [1.54, 1.807) is 6.07 Å². The minimum absolute atomic E-state index is 0.0322. The highest BCUT2D eigenvalue weighted by Crippen LogP contribution is 2.45. The van der Waals surface area contributed by atoms with Crippen molar-refractivity contribution in [3.8, 4) is 0 Å². The van der Waals surface area contributed by atoms with Crippen LogP contribution in [0.1, 0.15) is 106 Å². The number of anilines is 2. The highest BCUT2D eigenvalue weighted by molar-refractivity contribution is 7.94. The Kier molecular flexibility index (Phi) is 9.87. The van der Waals surface area contributed by atoms with E-state index in [0.717, 1.165) is 110 Å². The molecule has 292 valence electrons. The SMILES string of the molecule is CC(Cc1c2c(c(NC(=O)N=S(N)(=O)c3sc(C(C)(C)O)cc3F)c3c1CC3)CCC2)c1csc(S(N)(=O)=NC(=O)Nc2c3c(cc4c2CCC4)CCC3)c1. The van der Waals surface area contributed by atoms with Crippen LogP contribution in [0.3, 0.4) is 0 Å². The van der Waals surface area contributed by atoms with Gasteiger partial charge >= 0.3 is 12.1 Å². The molecule has 55 heavy (non-hydrogen) atoms. The Balaban J connectivity index is 1.00. The molecule has 8 rings (SSSR count). The third-order valence-corrected chi connectivity index (χ3v) is 17.6. The van der Waals surface area contributed by atoms with Gasteiger partial charge in [0.1, 0.15) is 4.21 Å². The van der Waals surface area contributed by atoms with Crippen molar-refractivity contribution in [2.24, 2.45) is 19.0 Å². The molecular formula is C39H45FN6O5S4. The second kappa shape index (κ2) is 14.1. The number of nitrogens with zero attached hydrogens (tertiary/aromatic N) is 2. The number of hydrogen-bond donors (Lipinski definition) is 5. The van der Waals surface area contributed by atoms with Gasteiger partial charge in [-0.05, 0) is 170 Å². The Morgan fingerprint density at radius 2 is 1.35 bits per heavy atom. The maximum Gasteiger partial charge on any atom is 0.354 e. The maximum absolute atomic E-state index is 14.8. The van der Waals surface area contributed by atoms with Gasteiger partial charge in [-0.25, -0.2) is 32.7 Å².